The summed E-state index contributed by atoms with van der Waals surface area (Å²) in [6.07, 6.45) is 4.04. The molecular formula is C20H35IN4O. The van der Waals surface area contributed by atoms with Crippen molar-refractivity contribution in [2.75, 3.05) is 33.2 Å². The van der Waals surface area contributed by atoms with E-state index in [1.165, 1.54) is 32.4 Å². The van der Waals surface area contributed by atoms with Gasteiger partial charge in [0.1, 0.15) is 11.4 Å². The Kier molecular flexibility index (Phi) is 10.3. The summed E-state index contributed by atoms with van der Waals surface area (Å²) in [6.45, 7) is 11.3. The van der Waals surface area contributed by atoms with Crippen molar-refractivity contribution in [1.82, 2.24) is 15.5 Å². The molecule has 2 N–H and O–H groups in total. The second-order valence-electron chi connectivity index (χ2n) is 7.58. The zero-order valence-electron chi connectivity index (χ0n) is 16.7. The lowest BCUT2D eigenvalue weighted by molar-refractivity contribution is 0.129. The molecule has 26 heavy (non-hydrogen) atoms. The zero-order chi connectivity index (χ0) is 18.1. The first-order valence-corrected chi connectivity index (χ1v) is 9.42. The van der Waals surface area contributed by atoms with E-state index in [2.05, 4.69) is 47.4 Å². The lowest BCUT2D eigenvalue weighted by Crippen LogP contribution is -2.42. The molecule has 0 bridgehead atoms. The van der Waals surface area contributed by atoms with Crippen molar-refractivity contribution in [3.8, 4) is 5.75 Å². The fraction of sp³-hybridized carbons (Fsp3) is 0.650. The van der Waals surface area contributed by atoms with Gasteiger partial charge in [0.15, 0.2) is 5.96 Å². The SMILES string of the molecule is CN=C(NCCN1CCCCC1)NCc1ccccc1OC(C)(C)C.I. The van der Waals surface area contributed by atoms with Crippen LogP contribution in [0, 0.1) is 0 Å². The fourth-order valence-electron chi connectivity index (χ4n) is 2.99. The molecule has 1 fully saturated rings. The predicted molar refractivity (Wildman–Crippen MR) is 121 cm³/mol. The third-order valence-corrected chi connectivity index (χ3v) is 4.23. The first kappa shape index (κ1) is 23.0. The standard InChI is InChI=1S/C20H34N4O.HI/c1-20(2,3)25-18-11-7-6-10-17(18)16-23-19(21-4)22-12-15-24-13-8-5-9-14-24;/h6-7,10-11H,5,8-9,12-16H2,1-4H3,(H2,21,22,23);1H. The van der Waals surface area contributed by atoms with Gasteiger partial charge >= 0.3 is 0 Å². The molecule has 1 aromatic rings. The average Bonchev–Trinajstić information content (AvgIpc) is 2.58. The maximum Gasteiger partial charge on any atom is 0.191 e. The van der Waals surface area contributed by atoms with Crippen molar-refractivity contribution in [1.29, 1.82) is 0 Å². The smallest absolute Gasteiger partial charge is 0.191 e. The number of nitrogens with one attached hydrogen (secondary N) is 2. The molecule has 148 valence electrons. The number of aliphatic imine (C=N–C) groups is 1. The van der Waals surface area contributed by atoms with Gasteiger partial charge in [-0.15, -0.1) is 24.0 Å². The molecule has 0 aliphatic carbocycles. The number of guanidine groups is 1. The number of hydrogen-bond acceptors (Lipinski definition) is 3. The van der Waals surface area contributed by atoms with Gasteiger partial charge in [0, 0.05) is 32.2 Å². The lowest BCUT2D eigenvalue weighted by Gasteiger charge is -2.26. The second-order valence-corrected chi connectivity index (χ2v) is 7.58. The molecule has 0 radical (unpaired) electrons. The highest BCUT2D eigenvalue weighted by atomic mass is 127. The Morgan fingerprint density at radius 2 is 1.81 bits per heavy atom. The predicted octanol–water partition coefficient (Wildman–Crippen LogP) is 3.63. The number of ether oxygens (including phenoxy) is 1. The minimum absolute atomic E-state index is 0. The zero-order valence-corrected chi connectivity index (χ0v) is 19.0. The largest absolute Gasteiger partial charge is 0.488 e. The van der Waals surface area contributed by atoms with E-state index >= 15 is 0 Å². The first-order valence-electron chi connectivity index (χ1n) is 9.42. The van der Waals surface area contributed by atoms with Crippen LogP contribution in [0.5, 0.6) is 5.75 Å². The van der Waals surface area contributed by atoms with Gasteiger partial charge in [-0.3, -0.25) is 4.99 Å². The second kappa shape index (κ2) is 11.6. The van der Waals surface area contributed by atoms with E-state index in [-0.39, 0.29) is 29.6 Å². The fourth-order valence-corrected chi connectivity index (χ4v) is 2.99. The average molecular weight is 474 g/mol. The van der Waals surface area contributed by atoms with Crippen molar-refractivity contribution in [3.63, 3.8) is 0 Å². The Morgan fingerprint density at radius 1 is 1.12 bits per heavy atom. The molecule has 0 aromatic heterocycles. The van der Waals surface area contributed by atoms with Gasteiger partial charge in [0.05, 0.1) is 0 Å². The quantitative estimate of drug-likeness (QED) is 0.376. The first-order chi connectivity index (χ1) is 12.0. The Morgan fingerprint density at radius 3 is 2.46 bits per heavy atom. The number of para-hydroxylation sites is 1. The molecule has 1 aliphatic rings. The van der Waals surface area contributed by atoms with E-state index in [0.717, 1.165) is 30.4 Å². The summed E-state index contributed by atoms with van der Waals surface area (Å²) in [5, 5.41) is 6.80. The van der Waals surface area contributed by atoms with Crippen LogP contribution in [0.2, 0.25) is 0 Å². The number of halogens is 1. The molecule has 0 amide bonds. The third kappa shape index (κ3) is 8.58. The van der Waals surface area contributed by atoms with Gasteiger partial charge in [-0.1, -0.05) is 24.6 Å². The van der Waals surface area contributed by atoms with E-state index in [1.54, 1.807) is 0 Å². The molecule has 2 rings (SSSR count). The van der Waals surface area contributed by atoms with E-state index < -0.39 is 0 Å². The van der Waals surface area contributed by atoms with E-state index in [1.807, 2.05) is 25.2 Å². The van der Waals surface area contributed by atoms with Gasteiger partial charge in [0.2, 0.25) is 0 Å². The number of benzene rings is 1. The summed E-state index contributed by atoms with van der Waals surface area (Å²) in [7, 11) is 1.81. The molecule has 0 atom stereocenters. The van der Waals surface area contributed by atoms with Crippen LogP contribution < -0.4 is 15.4 Å². The van der Waals surface area contributed by atoms with Crippen LogP contribution >= 0.6 is 24.0 Å². The molecule has 1 heterocycles. The van der Waals surface area contributed by atoms with Crippen molar-refractivity contribution in [3.05, 3.63) is 29.8 Å². The Hall–Kier alpha value is -1.02. The molecule has 6 heteroatoms. The number of piperidine rings is 1. The maximum absolute atomic E-state index is 6.05. The minimum Gasteiger partial charge on any atom is -0.488 e. The van der Waals surface area contributed by atoms with Crippen LogP contribution in [-0.2, 0) is 6.54 Å². The summed E-state index contributed by atoms with van der Waals surface area (Å²) in [6, 6.07) is 8.17. The molecule has 0 unspecified atom stereocenters. The van der Waals surface area contributed by atoms with Crippen LogP contribution in [-0.4, -0.2) is 49.7 Å². The molecule has 0 saturated carbocycles. The number of hydrogen-bond donors (Lipinski definition) is 2. The molecule has 5 nitrogen and oxygen atoms in total. The Balaban J connectivity index is 0.00000338. The highest BCUT2D eigenvalue weighted by Crippen LogP contribution is 2.22. The number of rotatable bonds is 6. The van der Waals surface area contributed by atoms with Crippen molar-refractivity contribution in [2.24, 2.45) is 4.99 Å². The minimum atomic E-state index is -0.204. The van der Waals surface area contributed by atoms with Gasteiger partial charge in [-0.2, -0.15) is 0 Å². The van der Waals surface area contributed by atoms with Gasteiger partial charge in [-0.05, 0) is 52.8 Å². The summed E-state index contributed by atoms with van der Waals surface area (Å²) < 4.78 is 6.05. The summed E-state index contributed by atoms with van der Waals surface area (Å²) in [4.78, 5) is 6.85. The normalized spacial score (nSPS) is 15.9. The third-order valence-electron chi connectivity index (χ3n) is 4.23. The lowest BCUT2D eigenvalue weighted by atomic mass is 10.1. The Labute approximate surface area is 176 Å². The molecule has 1 aliphatic heterocycles. The summed E-state index contributed by atoms with van der Waals surface area (Å²) >= 11 is 0. The van der Waals surface area contributed by atoms with Crippen LogP contribution in [0.4, 0.5) is 0 Å². The van der Waals surface area contributed by atoms with Crippen molar-refractivity contribution < 1.29 is 4.74 Å². The highest BCUT2D eigenvalue weighted by Gasteiger charge is 2.14. The van der Waals surface area contributed by atoms with E-state index in [0.29, 0.717) is 6.54 Å². The van der Waals surface area contributed by atoms with Gasteiger partial charge < -0.3 is 20.3 Å². The molecule has 0 spiro atoms. The van der Waals surface area contributed by atoms with Crippen molar-refractivity contribution in [2.45, 2.75) is 52.2 Å². The van der Waals surface area contributed by atoms with Gasteiger partial charge in [-0.25, -0.2) is 0 Å². The monoisotopic (exact) mass is 474 g/mol. The van der Waals surface area contributed by atoms with E-state index in [4.69, 9.17) is 4.74 Å². The highest BCUT2D eigenvalue weighted by molar-refractivity contribution is 14.0. The topological polar surface area (TPSA) is 48.9 Å². The van der Waals surface area contributed by atoms with Crippen LogP contribution in [0.25, 0.3) is 0 Å². The van der Waals surface area contributed by atoms with E-state index in [9.17, 15) is 0 Å². The maximum atomic E-state index is 6.05. The Bertz CT molecular complexity index is 551. The van der Waals surface area contributed by atoms with Crippen LogP contribution in [0.1, 0.15) is 45.6 Å². The molecule has 1 aromatic carbocycles. The summed E-state index contributed by atoms with van der Waals surface area (Å²) in [5.41, 5.74) is 0.932. The van der Waals surface area contributed by atoms with Gasteiger partial charge in [0.25, 0.3) is 0 Å². The number of likely N-dealkylation sites (tertiary alicyclic amines) is 1. The molecule has 1 saturated heterocycles. The summed E-state index contributed by atoms with van der Waals surface area (Å²) in [5.74, 6) is 1.76. The van der Waals surface area contributed by atoms with Crippen molar-refractivity contribution >= 4 is 29.9 Å². The van der Waals surface area contributed by atoms with Crippen LogP contribution in [0.15, 0.2) is 29.3 Å². The molecular weight excluding hydrogens is 439 g/mol. The van der Waals surface area contributed by atoms with Crippen LogP contribution in [0.3, 0.4) is 0 Å². The number of nitrogens with zero attached hydrogens (tertiary/aromatic N) is 2.